The molecule has 4 unspecified atom stereocenters. The second-order valence-electron chi connectivity index (χ2n) is 12.8. The topological polar surface area (TPSA) is 186 Å². The van der Waals surface area contributed by atoms with Crippen molar-refractivity contribution in [2.24, 2.45) is 5.92 Å². The first kappa shape index (κ1) is 41.9. The van der Waals surface area contributed by atoms with Gasteiger partial charge in [-0.2, -0.15) is 4.98 Å². The summed E-state index contributed by atoms with van der Waals surface area (Å²) in [6.45, 7) is 6.47. The minimum absolute atomic E-state index is 0.0547. The molecule has 1 saturated carbocycles. The molecule has 2 heterocycles. The fraction of sp³-hybridized carbons (Fsp3) is 0.400. The van der Waals surface area contributed by atoms with Crippen LogP contribution in [0.3, 0.4) is 0 Å². The van der Waals surface area contributed by atoms with Crippen LogP contribution >= 0.6 is 7.75 Å². The first-order chi connectivity index (χ1) is 26.2. The minimum Gasteiger partial charge on any atom is -0.413 e. The van der Waals surface area contributed by atoms with Crippen LogP contribution in [-0.4, -0.2) is 56.3 Å². The fourth-order valence-electron chi connectivity index (χ4n) is 5.86. The van der Waals surface area contributed by atoms with Gasteiger partial charge >= 0.3 is 7.75 Å². The maximum absolute atomic E-state index is 13.9. The van der Waals surface area contributed by atoms with Gasteiger partial charge in [0.15, 0.2) is 11.2 Å². The summed E-state index contributed by atoms with van der Waals surface area (Å²) in [5, 5.41) is 16.7. The Morgan fingerprint density at radius 1 is 1.04 bits per heavy atom. The second kappa shape index (κ2) is 22.4. The first-order valence-electron chi connectivity index (χ1n) is 18.6. The van der Waals surface area contributed by atoms with Crippen LogP contribution in [0, 0.1) is 5.92 Å². The van der Waals surface area contributed by atoms with Gasteiger partial charge in [0.1, 0.15) is 5.75 Å². The Hall–Kier alpha value is -4.81. The molecule has 1 aliphatic rings. The zero-order chi connectivity index (χ0) is 38.6. The average Bonchev–Trinajstić information content (AvgIpc) is 3.70. The predicted molar refractivity (Wildman–Crippen MR) is 215 cm³/mol. The number of hydrogen-bond donors (Lipinski definition) is 5. The van der Waals surface area contributed by atoms with E-state index in [0.29, 0.717) is 24.2 Å². The average molecular weight is 760 g/mol. The Bertz CT molecular complexity index is 1900. The zero-order valence-electron chi connectivity index (χ0n) is 31.0. The number of nitrogens with two attached hydrogens (primary N) is 1. The summed E-state index contributed by atoms with van der Waals surface area (Å²) in [5.74, 6) is -0.440. The maximum Gasteiger partial charge on any atom is 0.458 e. The van der Waals surface area contributed by atoms with E-state index < -0.39 is 31.4 Å². The third kappa shape index (κ3) is 13.6. The summed E-state index contributed by atoms with van der Waals surface area (Å²) < 4.78 is 27.2. The number of fused-ring (bicyclic) bond motifs is 1. The molecule has 4 atom stereocenters. The van der Waals surface area contributed by atoms with Gasteiger partial charge in [-0.25, -0.2) is 14.6 Å². The molecular formula is C40H54N7O6P. The maximum atomic E-state index is 13.9. The Morgan fingerprint density at radius 2 is 1.69 bits per heavy atom. The van der Waals surface area contributed by atoms with Gasteiger partial charge in [-0.15, -0.1) is 0 Å². The molecule has 4 rings (SSSR count). The molecule has 54 heavy (non-hydrogen) atoms. The number of amides is 1. The van der Waals surface area contributed by atoms with E-state index >= 15 is 0 Å². The number of para-hydroxylation sites is 1. The summed E-state index contributed by atoms with van der Waals surface area (Å²) in [7, 11) is -3.96. The first-order valence-corrected chi connectivity index (χ1v) is 20.1. The molecule has 14 heteroatoms. The number of rotatable bonds is 23. The lowest BCUT2D eigenvalue weighted by atomic mass is 10.0. The molecule has 13 nitrogen and oxygen atoms in total. The van der Waals surface area contributed by atoms with Crippen molar-refractivity contribution in [3.05, 3.63) is 120 Å². The molecule has 0 saturated heterocycles. The van der Waals surface area contributed by atoms with Gasteiger partial charge in [0, 0.05) is 25.4 Å². The van der Waals surface area contributed by atoms with Crippen molar-refractivity contribution in [2.75, 3.05) is 25.4 Å². The van der Waals surface area contributed by atoms with Crippen molar-refractivity contribution in [2.45, 2.75) is 76.9 Å². The van der Waals surface area contributed by atoms with Crippen molar-refractivity contribution in [3.63, 3.8) is 0 Å². The number of anilines is 1. The molecule has 1 amide bonds. The number of carbonyl (C=O) groups is 1. The monoisotopic (exact) mass is 759 g/mol. The van der Waals surface area contributed by atoms with Gasteiger partial charge in [-0.05, 0) is 69.1 Å². The van der Waals surface area contributed by atoms with E-state index in [9.17, 15) is 19.3 Å². The van der Waals surface area contributed by atoms with Gasteiger partial charge in [-0.3, -0.25) is 19.1 Å². The van der Waals surface area contributed by atoms with Crippen LogP contribution in [0.1, 0.15) is 70.8 Å². The zero-order valence-corrected chi connectivity index (χ0v) is 31.9. The SMILES string of the molecule is C=C1C(COP(=O)(NCCNC(=O)CCCC=CCC=CCC=CCC=CCC=CCC)Oc2ccccc2)C(O)CC1n1cnc2c(=O)[nH]c(N)nc21. The number of aromatic nitrogens is 4. The number of aliphatic hydroxyl groups excluding tert-OH is 1. The number of carbonyl (C=O) groups excluding carboxylic acids is 1. The van der Waals surface area contributed by atoms with Crippen LogP contribution < -0.4 is 26.2 Å². The van der Waals surface area contributed by atoms with Crippen LogP contribution in [0.2, 0.25) is 0 Å². The highest BCUT2D eigenvalue weighted by molar-refractivity contribution is 7.52. The van der Waals surface area contributed by atoms with Gasteiger partial charge in [0.05, 0.1) is 25.1 Å². The standard InChI is InChI=1S/C40H54N7O6P/c1-3-4-5-6-7-8-9-10-11-12-13-14-15-16-17-18-22-25-36(49)42-26-27-44-54(51,53-32-23-20-19-21-24-32)52-29-33-31(2)34(28-35(33)48)47-30-43-37-38(47)45-40(41)46-39(37)50/h4-5,7-8,10-11,13-14,16-17,19-21,23-24,30,33-35,48H,2-3,6,9,12,15,18,22,25-29H2,1H3,(H,42,49)(H,44,51)(H3,41,45,46,50). The van der Waals surface area contributed by atoms with E-state index in [1.807, 2.05) is 0 Å². The summed E-state index contributed by atoms with van der Waals surface area (Å²) in [5.41, 5.74) is 6.27. The Labute approximate surface area is 317 Å². The lowest BCUT2D eigenvalue weighted by molar-refractivity contribution is -0.121. The van der Waals surface area contributed by atoms with E-state index in [0.717, 1.165) is 38.5 Å². The van der Waals surface area contributed by atoms with Gasteiger partial charge in [-0.1, -0.05) is 92.5 Å². The summed E-state index contributed by atoms with van der Waals surface area (Å²) in [4.78, 5) is 35.5. The van der Waals surface area contributed by atoms with Gasteiger partial charge in [0.2, 0.25) is 11.9 Å². The molecule has 0 aliphatic heterocycles. The molecular weight excluding hydrogens is 705 g/mol. The highest BCUT2D eigenvalue weighted by Crippen LogP contribution is 2.47. The van der Waals surface area contributed by atoms with E-state index in [1.54, 1.807) is 34.9 Å². The lowest BCUT2D eigenvalue weighted by Crippen LogP contribution is -2.32. The summed E-state index contributed by atoms with van der Waals surface area (Å²) >= 11 is 0. The van der Waals surface area contributed by atoms with Crippen LogP contribution in [-0.2, 0) is 13.9 Å². The Morgan fingerprint density at radius 3 is 2.35 bits per heavy atom. The Balaban J connectivity index is 1.17. The molecule has 2 aromatic heterocycles. The van der Waals surface area contributed by atoms with E-state index in [4.69, 9.17) is 14.8 Å². The number of nitrogens with one attached hydrogen (secondary N) is 3. The third-order valence-electron chi connectivity index (χ3n) is 8.70. The highest BCUT2D eigenvalue weighted by Gasteiger charge is 2.40. The van der Waals surface area contributed by atoms with Crippen molar-refractivity contribution in [1.29, 1.82) is 0 Å². The molecule has 1 aliphatic carbocycles. The second-order valence-corrected chi connectivity index (χ2v) is 14.6. The number of nitrogen functional groups attached to an aromatic ring is 1. The number of allylic oxidation sites excluding steroid dienone is 10. The molecule has 0 bridgehead atoms. The molecule has 290 valence electrons. The van der Waals surface area contributed by atoms with E-state index in [-0.39, 0.29) is 49.1 Å². The normalized spacial score (nSPS) is 19.0. The largest absolute Gasteiger partial charge is 0.458 e. The Kier molecular flexibility index (Phi) is 17.4. The van der Waals surface area contributed by atoms with Crippen molar-refractivity contribution in [1.82, 2.24) is 29.9 Å². The molecule has 1 fully saturated rings. The number of benzene rings is 1. The van der Waals surface area contributed by atoms with Crippen molar-refractivity contribution < 1.29 is 23.5 Å². The smallest absolute Gasteiger partial charge is 0.413 e. The quantitative estimate of drug-likeness (QED) is 0.0383. The van der Waals surface area contributed by atoms with Crippen LogP contribution in [0.25, 0.3) is 11.2 Å². The van der Waals surface area contributed by atoms with Crippen LogP contribution in [0.4, 0.5) is 5.95 Å². The molecule has 3 aromatic rings. The number of hydrogen-bond acceptors (Lipinski definition) is 9. The summed E-state index contributed by atoms with van der Waals surface area (Å²) in [6, 6.07) is 8.15. The van der Waals surface area contributed by atoms with Gasteiger partial charge < -0.3 is 25.2 Å². The summed E-state index contributed by atoms with van der Waals surface area (Å²) in [6.07, 6.45) is 29.1. The molecule has 0 spiro atoms. The van der Waals surface area contributed by atoms with E-state index in [1.165, 1.54) is 6.33 Å². The molecule has 1 aromatic carbocycles. The van der Waals surface area contributed by atoms with Crippen molar-refractivity contribution >= 4 is 30.8 Å². The number of aromatic amines is 1. The number of aliphatic hydroxyl groups is 1. The molecule has 6 N–H and O–H groups in total. The van der Waals surface area contributed by atoms with Gasteiger partial charge in [0.25, 0.3) is 5.56 Å². The number of imidazole rings is 1. The third-order valence-corrected chi connectivity index (χ3v) is 10.2. The highest BCUT2D eigenvalue weighted by atomic mass is 31.2. The number of unbranched alkanes of at least 4 members (excludes halogenated alkanes) is 1. The van der Waals surface area contributed by atoms with Crippen LogP contribution in [0.5, 0.6) is 5.75 Å². The number of H-pyrrole nitrogens is 1. The van der Waals surface area contributed by atoms with Crippen LogP contribution in [0.15, 0.2) is 114 Å². The van der Waals surface area contributed by atoms with E-state index in [2.05, 4.69) is 99.6 Å². The fourth-order valence-corrected chi connectivity index (χ4v) is 7.21. The lowest BCUT2D eigenvalue weighted by Gasteiger charge is -2.23. The van der Waals surface area contributed by atoms with Crippen molar-refractivity contribution in [3.8, 4) is 5.75 Å². The minimum atomic E-state index is -3.96. The molecule has 0 radical (unpaired) electrons. The predicted octanol–water partition coefficient (Wildman–Crippen LogP) is 7.01. The number of nitrogens with zero attached hydrogens (tertiary/aromatic N) is 3.